The molecule has 0 radical (unpaired) electrons. The van der Waals surface area contributed by atoms with Crippen molar-refractivity contribution in [1.29, 1.82) is 5.26 Å². The van der Waals surface area contributed by atoms with E-state index < -0.39 is 5.82 Å². The summed E-state index contributed by atoms with van der Waals surface area (Å²) in [5.41, 5.74) is 0.315. The lowest BCUT2D eigenvalue weighted by Crippen LogP contribution is -1.83. The molecule has 6 heteroatoms. The van der Waals surface area contributed by atoms with Crippen molar-refractivity contribution in [3.05, 3.63) is 35.9 Å². The van der Waals surface area contributed by atoms with Crippen molar-refractivity contribution in [1.82, 2.24) is 9.36 Å². The predicted molar refractivity (Wildman–Crippen MR) is 55.1 cm³/mol. The van der Waals surface area contributed by atoms with Gasteiger partial charge in [-0.3, -0.25) is 0 Å². The summed E-state index contributed by atoms with van der Waals surface area (Å²) in [6.45, 7) is 0. The molecule has 0 aliphatic rings. The van der Waals surface area contributed by atoms with E-state index in [4.69, 9.17) is 5.26 Å². The summed E-state index contributed by atoms with van der Waals surface area (Å²) in [7, 11) is 0. The van der Waals surface area contributed by atoms with Gasteiger partial charge in [0.25, 0.3) is 0 Å². The lowest BCUT2D eigenvalue weighted by molar-refractivity contribution is 0.626. The van der Waals surface area contributed by atoms with Gasteiger partial charge in [-0.1, -0.05) is 11.8 Å². The first kappa shape index (κ1) is 10.1. The lowest BCUT2D eigenvalue weighted by atomic mass is 10.2. The van der Waals surface area contributed by atoms with Crippen molar-refractivity contribution in [2.24, 2.45) is 0 Å². The molecule has 1 aromatic heterocycles. The van der Waals surface area contributed by atoms with Crippen LogP contribution in [0.1, 0.15) is 5.56 Å². The van der Waals surface area contributed by atoms with Crippen LogP contribution >= 0.6 is 23.3 Å². The molecule has 0 fully saturated rings. The highest BCUT2D eigenvalue weighted by molar-refractivity contribution is 8.01. The summed E-state index contributed by atoms with van der Waals surface area (Å²) in [5.74, 6) is -0.409. The molecule has 0 saturated carbocycles. The van der Waals surface area contributed by atoms with Crippen LogP contribution in [0.15, 0.2) is 33.8 Å². The van der Waals surface area contributed by atoms with Crippen LogP contribution in [0.25, 0.3) is 0 Å². The molecule has 0 aliphatic heterocycles. The maximum Gasteiger partial charge on any atom is 0.174 e. The second-order valence-corrected chi connectivity index (χ2v) is 4.63. The topological polar surface area (TPSA) is 49.6 Å². The van der Waals surface area contributed by atoms with E-state index in [1.54, 1.807) is 6.07 Å². The van der Waals surface area contributed by atoms with E-state index >= 15 is 0 Å². The van der Waals surface area contributed by atoms with E-state index in [0.717, 1.165) is 4.34 Å². The van der Waals surface area contributed by atoms with Gasteiger partial charge in [0.15, 0.2) is 4.34 Å². The van der Waals surface area contributed by atoms with Crippen LogP contribution < -0.4 is 0 Å². The third kappa shape index (κ3) is 2.32. The molecule has 0 aliphatic carbocycles. The van der Waals surface area contributed by atoms with Crippen LogP contribution in [0.3, 0.4) is 0 Å². The van der Waals surface area contributed by atoms with Crippen molar-refractivity contribution in [3.63, 3.8) is 0 Å². The molecule has 2 rings (SSSR count). The molecule has 74 valence electrons. The molecule has 0 unspecified atom stereocenters. The molecule has 1 aromatic carbocycles. The number of aromatic nitrogens is 2. The maximum atomic E-state index is 12.8. The van der Waals surface area contributed by atoms with E-state index in [1.807, 2.05) is 6.07 Å². The average Bonchev–Trinajstić information content (AvgIpc) is 2.73. The Labute approximate surface area is 93.8 Å². The molecule has 1 heterocycles. The van der Waals surface area contributed by atoms with Gasteiger partial charge in [-0.25, -0.2) is 9.37 Å². The number of benzene rings is 1. The van der Waals surface area contributed by atoms with Crippen LogP contribution in [-0.4, -0.2) is 9.36 Å². The van der Waals surface area contributed by atoms with Crippen LogP contribution in [0, 0.1) is 17.1 Å². The summed E-state index contributed by atoms with van der Waals surface area (Å²) in [6.07, 6.45) is 1.45. The smallest absolute Gasteiger partial charge is 0.174 e. The van der Waals surface area contributed by atoms with Crippen molar-refractivity contribution in [3.8, 4) is 6.07 Å². The highest BCUT2D eigenvalue weighted by Crippen LogP contribution is 2.30. The minimum absolute atomic E-state index is 0.315. The van der Waals surface area contributed by atoms with Gasteiger partial charge in [0.05, 0.1) is 5.56 Å². The zero-order valence-corrected chi connectivity index (χ0v) is 8.98. The zero-order valence-electron chi connectivity index (χ0n) is 7.35. The second kappa shape index (κ2) is 4.38. The van der Waals surface area contributed by atoms with Crippen LogP contribution in [0.4, 0.5) is 4.39 Å². The van der Waals surface area contributed by atoms with Gasteiger partial charge in [-0.15, -0.1) is 0 Å². The van der Waals surface area contributed by atoms with Gasteiger partial charge < -0.3 is 0 Å². The number of hydrogen-bond acceptors (Lipinski definition) is 5. The van der Waals surface area contributed by atoms with E-state index in [9.17, 15) is 4.39 Å². The van der Waals surface area contributed by atoms with Crippen LogP contribution in [-0.2, 0) is 0 Å². The Bertz CT molecular complexity index is 505. The fraction of sp³-hybridized carbons (Fsp3) is 0. The van der Waals surface area contributed by atoms with E-state index in [0.29, 0.717) is 10.5 Å². The Morgan fingerprint density at radius 1 is 1.47 bits per heavy atom. The second-order valence-electron chi connectivity index (χ2n) is 2.56. The largest absolute Gasteiger partial charge is 0.216 e. The summed E-state index contributed by atoms with van der Waals surface area (Å²) in [5, 5.41) is 8.81. The third-order valence-electron chi connectivity index (χ3n) is 1.60. The normalized spacial score (nSPS) is 9.87. The first-order valence-corrected chi connectivity index (χ1v) is 5.53. The molecule has 3 nitrogen and oxygen atoms in total. The summed E-state index contributed by atoms with van der Waals surface area (Å²) in [4.78, 5) is 4.67. The van der Waals surface area contributed by atoms with Gasteiger partial charge in [0, 0.05) is 4.90 Å². The Balaban J connectivity index is 2.33. The molecule has 2 aromatic rings. The molecular weight excluding hydrogens is 233 g/mol. The standard InChI is InChI=1S/C9H4FN3S2/c10-7-1-2-8(6(3-7)4-11)14-9-12-5-13-15-9/h1-3,5H. The molecule has 0 N–H and O–H groups in total. The molecule has 0 atom stereocenters. The van der Waals surface area contributed by atoms with Gasteiger partial charge >= 0.3 is 0 Å². The van der Waals surface area contributed by atoms with E-state index in [1.165, 1.54) is 41.8 Å². The SMILES string of the molecule is N#Cc1cc(F)ccc1Sc1ncns1. The summed E-state index contributed by atoms with van der Waals surface area (Å²) >= 11 is 2.55. The van der Waals surface area contributed by atoms with E-state index in [2.05, 4.69) is 9.36 Å². The molecule has 0 saturated heterocycles. The minimum Gasteiger partial charge on any atom is -0.216 e. The summed E-state index contributed by atoms with van der Waals surface area (Å²) < 4.78 is 17.4. The quantitative estimate of drug-likeness (QED) is 0.805. The van der Waals surface area contributed by atoms with Gasteiger partial charge in [0.2, 0.25) is 0 Å². The van der Waals surface area contributed by atoms with Gasteiger partial charge in [0.1, 0.15) is 18.2 Å². The minimum atomic E-state index is -0.409. The van der Waals surface area contributed by atoms with Crippen LogP contribution in [0.5, 0.6) is 0 Å². The Morgan fingerprint density at radius 2 is 2.33 bits per heavy atom. The molecule has 0 bridgehead atoms. The monoisotopic (exact) mass is 237 g/mol. The fourth-order valence-corrected chi connectivity index (χ4v) is 2.45. The average molecular weight is 237 g/mol. The third-order valence-corrected chi connectivity index (χ3v) is 3.39. The van der Waals surface area contributed by atoms with Crippen molar-refractivity contribution < 1.29 is 4.39 Å². The van der Waals surface area contributed by atoms with Crippen molar-refractivity contribution in [2.75, 3.05) is 0 Å². The Hall–Kier alpha value is -1.45. The molecular formula is C9H4FN3S2. The highest BCUT2D eigenvalue weighted by atomic mass is 32.2. The first-order chi connectivity index (χ1) is 7.29. The highest BCUT2D eigenvalue weighted by Gasteiger charge is 2.07. The Kier molecular flexibility index (Phi) is 2.94. The van der Waals surface area contributed by atoms with Gasteiger partial charge in [-0.2, -0.15) is 9.64 Å². The first-order valence-electron chi connectivity index (χ1n) is 3.94. The number of halogens is 1. The molecule has 15 heavy (non-hydrogen) atoms. The fourth-order valence-electron chi connectivity index (χ4n) is 0.981. The predicted octanol–water partition coefficient (Wildman–Crippen LogP) is 2.70. The lowest BCUT2D eigenvalue weighted by Gasteiger charge is -1.99. The van der Waals surface area contributed by atoms with Crippen molar-refractivity contribution >= 4 is 23.3 Å². The van der Waals surface area contributed by atoms with E-state index in [-0.39, 0.29) is 0 Å². The number of nitriles is 1. The Morgan fingerprint density at radius 3 is 3.00 bits per heavy atom. The van der Waals surface area contributed by atoms with Crippen LogP contribution in [0.2, 0.25) is 0 Å². The number of nitrogens with zero attached hydrogens (tertiary/aromatic N) is 3. The summed E-state index contributed by atoms with van der Waals surface area (Å²) in [6, 6.07) is 6.05. The molecule has 0 amide bonds. The number of hydrogen-bond donors (Lipinski definition) is 0. The molecule has 0 spiro atoms. The maximum absolute atomic E-state index is 12.8. The number of rotatable bonds is 2. The van der Waals surface area contributed by atoms with Gasteiger partial charge in [-0.05, 0) is 29.7 Å². The van der Waals surface area contributed by atoms with Crippen molar-refractivity contribution in [2.45, 2.75) is 9.24 Å². The zero-order chi connectivity index (χ0) is 10.7.